The van der Waals surface area contributed by atoms with Crippen molar-refractivity contribution in [3.05, 3.63) is 29.8 Å². The lowest BCUT2D eigenvalue weighted by atomic mass is 10.0. The lowest BCUT2D eigenvalue weighted by Crippen LogP contribution is -2.56. The van der Waals surface area contributed by atoms with Crippen LogP contribution in [0.1, 0.15) is 91.0 Å². The molecule has 202 valence electrons. The van der Waals surface area contributed by atoms with Gasteiger partial charge in [0, 0.05) is 19.3 Å². The molecule has 0 aromatic heterocycles. The molecule has 4 amide bonds. The van der Waals surface area contributed by atoms with Crippen LogP contribution in [-0.2, 0) is 25.6 Å². The molecule has 0 saturated carbocycles. The van der Waals surface area contributed by atoms with Gasteiger partial charge in [0.2, 0.25) is 17.7 Å². The van der Waals surface area contributed by atoms with E-state index >= 15 is 0 Å². The van der Waals surface area contributed by atoms with E-state index in [4.69, 9.17) is 0 Å². The number of aromatic hydroxyl groups is 1. The van der Waals surface area contributed by atoms with E-state index in [2.05, 4.69) is 21.5 Å². The number of hydrogen-bond donors (Lipinski definition) is 5. The van der Waals surface area contributed by atoms with Crippen LogP contribution in [0.2, 0.25) is 0 Å². The molecule has 0 saturated heterocycles. The summed E-state index contributed by atoms with van der Waals surface area (Å²) in [5.74, 6) is -1.31. The predicted molar refractivity (Wildman–Crippen MR) is 140 cm³/mol. The third-order valence-electron chi connectivity index (χ3n) is 5.71. The lowest BCUT2D eigenvalue weighted by Gasteiger charge is -2.24. The van der Waals surface area contributed by atoms with Crippen molar-refractivity contribution in [3.63, 3.8) is 0 Å². The summed E-state index contributed by atoms with van der Waals surface area (Å²) in [7, 11) is 0. The van der Waals surface area contributed by atoms with Crippen molar-refractivity contribution in [2.75, 3.05) is 0 Å². The van der Waals surface area contributed by atoms with Gasteiger partial charge in [0.05, 0.1) is 0 Å². The molecule has 0 heterocycles. The molecule has 0 bridgehead atoms. The highest BCUT2D eigenvalue weighted by molar-refractivity contribution is 5.92. The fourth-order valence-corrected chi connectivity index (χ4v) is 3.67. The molecule has 36 heavy (non-hydrogen) atoms. The molecule has 0 spiro atoms. The minimum absolute atomic E-state index is 0.0977. The van der Waals surface area contributed by atoms with Crippen molar-refractivity contribution < 1.29 is 24.3 Å². The molecule has 2 atom stereocenters. The van der Waals surface area contributed by atoms with E-state index in [0.717, 1.165) is 44.1 Å². The number of hydrogen-bond acceptors (Lipinski definition) is 5. The largest absolute Gasteiger partial charge is 0.508 e. The van der Waals surface area contributed by atoms with Gasteiger partial charge in [0.1, 0.15) is 17.8 Å². The van der Waals surface area contributed by atoms with Gasteiger partial charge in [-0.1, -0.05) is 65.5 Å². The van der Waals surface area contributed by atoms with Crippen molar-refractivity contribution in [2.24, 2.45) is 5.92 Å². The number of unbranched alkanes of at least 4 members (excludes halogenated alkanes) is 4. The second-order valence-electron chi connectivity index (χ2n) is 9.63. The Morgan fingerprint density at radius 1 is 0.750 bits per heavy atom. The van der Waals surface area contributed by atoms with Gasteiger partial charge in [-0.15, -0.1) is 0 Å². The van der Waals surface area contributed by atoms with Crippen molar-refractivity contribution in [2.45, 2.75) is 104 Å². The molecule has 0 radical (unpaired) electrons. The van der Waals surface area contributed by atoms with Crippen LogP contribution in [0.15, 0.2) is 24.3 Å². The van der Waals surface area contributed by atoms with E-state index in [9.17, 15) is 24.3 Å². The van der Waals surface area contributed by atoms with Crippen LogP contribution in [0.3, 0.4) is 0 Å². The van der Waals surface area contributed by atoms with E-state index in [1.807, 2.05) is 27.7 Å². The van der Waals surface area contributed by atoms with E-state index in [-0.39, 0.29) is 29.9 Å². The van der Waals surface area contributed by atoms with Gasteiger partial charge < -0.3 is 15.7 Å². The summed E-state index contributed by atoms with van der Waals surface area (Å²) in [5, 5.41) is 15.1. The van der Waals surface area contributed by atoms with Crippen molar-refractivity contribution in [1.29, 1.82) is 0 Å². The molecule has 1 rings (SSSR count). The van der Waals surface area contributed by atoms with Crippen LogP contribution in [0.25, 0.3) is 0 Å². The fourth-order valence-electron chi connectivity index (χ4n) is 3.67. The number of phenolic OH excluding ortho intramolecular Hbond substituents is 1. The molecule has 0 aliphatic carbocycles. The van der Waals surface area contributed by atoms with E-state index in [1.54, 1.807) is 12.1 Å². The summed E-state index contributed by atoms with van der Waals surface area (Å²) in [4.78, 5) is 50.5. The van der Waals surface area contributed by atoms with Crippen molar-refractivity contribution >= 4 is 23.6 Å². The molecule has 9 nitrogen and oxygen atoms in total. The minimum Gasteiger partial charge on any atom is -0.508 e. The van der Waals surface area contributed by atoms with E-state index < -0.39 is 23.9 Å². The highest BCUT2D eigenvalue weighted by Gasteiger charge is 2.28. The van der Waals surface area contributed by atoms with Gasteiger partial charge in [-0.3, -0.25) is 30.0 Å². The van der Waals surface area contributed by atoms with Crippen LogP contribution >= 0.6 is 0 Å². The molecule has 0 fully saturated rings. The van der Waals surface area contributed by atoms with Gasteiger partial charge in [-0.2, -0.15) is 0 Å². The van der Waals surface area contributed by atoms with Crippen molar-refractivity contribution in [3.8, 4) is 5.75 Å². The Kier molecular flexibility index (Phi) is 14.9. The molecule has 9 heteroatoms. The summed E-state index contributed by atoms with van der Waals surface area (Å²) >= 11 is 0. The molecule has 0 aliphatic rings. The lowest BCUT2D eigenvalue weighted by molar-refractivity contribution is -0.134. The summed E-state index contributed by atoms with van der Waals surface area (Å²) < 4.78 is 0. The number of carbonyl (C=O) groups excluding carboxylic acids is 4. The normalized spacial score (nSPS) is 12.5. The van der Waals surface area contributed by atoms with Gasteiger partial charge in [-0.25, -0.2) is 0 Å². The Balaban J connectivity index is 2.89. The Labute approximate surface area is 215 Å². The molecule has 5 N–H and O–H groups in total. The SMILES string of the molecule is CCCCCC(=O)NNC(=O)C(CC(C)C)NC(=O)C(Cc1ccc(O)cc1)NC(=O)CCCCC. The smallest absolute Gasteiger partial charge is 0.260 e. The number of carbonyl (C=O) groups is 4. The molecule has 2 unspecified atom stereocenters. The zero-order valence-electron chi connectivity index (χ0n) is 22.2. The van der Waals surface area contributed by atoms with Gasteiger partial charge >= 0.3 is 0 Å². The number of hydrazine groups is 1. The van der Waals surface area contributed by atoms with E-state index in [1.165, 1.54) is 12.1 Å². The molecular weight excluding hydrogens is 460 g/mol. The number of rotatable bonds is 16. The fraction of sp³-hybridized carbons (Fsp3) is 0.630. The monoisotopic (exact) mass is 504 g/mol. The summed E-state index contributed by atoms with van der Waals surface area (Å²) in [6, 6.07) is 4.63. The second-order valence-corrected chi connectivity index (χ2v) is 9.63. The number of phenols is 1. The van der Waals surface area contributed by atoms with Crippen LogP contribution in [0, 0.1) is 5.92 Å². The first kappa shape index (κ1) is 30.9. The Bertz CT molecular complexity index is 826. The topological polar surface area (TPSA) is 137 Å². The van der Waals surface area contributed by atoms with Crippen LogP contribution < -0.4 is 21.5 Å². The highest BCUT2D eigenvalue weighted by Crippen LogP contribution is 2.13. The number of benzene rings is 1. The first-order valence-corrected chi connectivity index (χ1v) is 13.1. The molecule has 1 aromatic carbocycles. The highest BCUT2D eigenvalue weighted by atomic mass is 16.3. The van der Waals surface area contributed by atoms with Crippen LogP contribution in [-0.4, -0.2) is 40.8 Å². The maximum atomic E-state index is 13.2. The molecule has 0 aliphatic heterocycles. The Hall–Kier alpha value is -3.10. The zero-order chi connectivity index (χ0) is 26.9. The maximum absolute atomic E-state index is 13.2. The predicted octanol–water partition coefficient (Wildman–Crippen LogP) is 3.26. The van der Waals surface area contributed by atoms with Crippen molar-refractivity contribution in [1.82, 2.24) is 21.5 Å². The van der Waals surface area contributed by atoms with Crippen LogP contribution in [0.4, 0.5) is 0 Å². The summed E-state index contributed by atoms with van der Waals surface area (Å²) in [6.07, 6.45) is 6.47. The maximum Gasteiger partial charge on any atom is 0.260 e. The third kappa shape index (κ3) is 13.1. The third-order valence-corrected chi connectivity index (χ3v) is 5.71. The Morgan fingerprint density at radius 2 is 1.33 bits per heavy atom. The number of nitrogens with one attached hydrogen (secondary N) is 4. The first-order chi connectivity index (χ1) is 17.2. The van der Waals surface area contributed by atoms with Gasteiger partial charge in [-0.05, 0) is 42.9 Å². The standard InChI is InChI=1S/C27H44N4O5/c1-5-7-9-11-24(33)28-23(18-20-13-15-21(32)16-14-20)26(35)29-22(17-19(3)4)27(36)31-30-25(34)12-10-8-6-2/h13-16,19,22-23,32H,5-12,17-18H2,1-4H3,(H,28,33)(H,29,35)(H,30,34)(H,31,36). The van der Waals surface area contributed by atoms with Gasteiger partial charge in [0.15, 0.2) is 0 Å². The van der Waals surface area contributed by atoms with Crippen LogP contribution in [0.5, 0.6) is 5.75 Å². The van der Waals surface area contributed by atoms with E-state index in [0.29, 0.717) is 19.3 Å². The summed E-state index contributed by atoms with van der Waals surface area (Å²) in [6.45, 7) is 7.95. The number of amides is 4. The first-order valence-electron chi connectivity index (χ1n) is 13.1. The average molecular weight is 505 g/mol. The molecule has 1 aromatic rings. The minimum atomic E-state index is -0.894. The summed E-state index contributed by atoms with van der Waals surface area (Å²) in [5.41, 5.74) is 5.60. The average Bonchev–Trinajstić information content (AvgIpc) is 2.83. The zero-order valence-corrected chi connectivity index (χ0v) is 22.2. The second kappa shape index (κ2) is 17.3. The quantitative estimate of drug-likeness (QED) is 0.174. The molecular formula is C27H44N4O5. The van der Waals surface area contributed by atoms with Gasteiger partial charge in [0.25, 0.3) is 5.91 Å². The Morgan fingerprint density at radius 3 is 1.89 bits per heavy atom.